The second-order valence-corrected chi connectivity index (χ2v) is 10.7. The Bertz CT molecular complexity index is 574. The Kier molecular flexibility index (Phi) is 4.59. The molecule has 0 aromatic heterocycles. The topological polar surface area (TPSA) is 46.5 Å². The van der Waals surface area contributed by atoms with Crippen LogP contribution in [0, 0.1) is 39.9 Å². The van der Waals surface area contributed by atoms with Crippen molar-refractivity contribution in [2.75, 3.05) is 13.7 Å². The van der Waals surface area contributed by atoms with E-state index in [0.29, 0.717) is 23.2 Å². The van der Waals surface area contributed by atoms with Crippen LogP contribution in [-0.4, -0.2) is 30.7 Å². The summed E-state index contributed by atoms with van der Waals surface area (Å²) in [4.78, 5) is 12.8. The zero-order valence-corrected chi connectivity index (χ0v) is 17.2. The number of hydrogen-bond donors (Lipinski definition) is 1. The molecule has 1 N–H and O–H groups in total. The van der Waals surface area contributed by atoms with Crippen LogP contribution < -0.4 is 0 Å². The van der Waals surface area contributed by atoms with Crippen molar-refractivity contribution in [2.24, 2.45) is 39.9 Å². The molecular weight excluding hydrogens is 324 g/mol. The van der Waals surface area contributed by atoms with Gasteiger partial charge in [-0.1, -0.05) is 33.6 Å². The zero-order chi connectivity index (χ0) is 18.7. The molecule has 0 aliphatic heterocycles. The van der Waals surface area contributed by atoms with Gasteiger partial charge in [-0.05, 0) is 79.4 Å². The number of rotatable bonds is 3. The van der Waals surface area contributed by atoms with E-state index in [9.17, 15) is 9.90 Å². The number of fused-ring (bicyclic) bond motifs is 5. The van der Waals surface area contributed by atoms with Gasteiger partial charge in [0.25, 0.3) is 0 Å². The van der Waals surface area contributed by atoms with Crippen LogP contribution in [0.25, 0.3) is 0 Å². The first-order chi connectivity index (χ1) is 12.3. The first-order valence-electron chi connectivity index (χ1n) is 11.0. The number of carbonyl (C=O) groups is 1. The van der Waals surface area contributed by atoms with Crippen molar-refractivity contribution in [3.8, 4) is 0 Å². The Balaban J connectivity index is 1.73. The van der Waals surface area contributed by atoms with Gasteiger partial charge in [0.05, 0.1) is 6.10 Å². The fourth-order valence-corrected chi connectivity index (χ4v) is 8.49. The minimum atomic E-state index is -0.390. The van der Waals surface area contributed by atoms with Crippen molar-refractivity contribution in [3.63, 3.8) is 0 Å². The number of hydrogen-bond acceptors (Lipinski definition) is 3. The van der Waals surface area contributed by atoms with Crippen molar-refractivity contribution in [1.29, 1.82) is 0 Å². The maximum atomic E-state index is 12.8. The Hall–Kier alpha value is -0.410. The van der Waals surface area contributed by atoms with Crippen LogP contribution in [0.5, 0.6) is 0 Å². The van der Waals surface area contributed by atoms with Gasteiger partial charge in [0.1, 0.15) is 6.61 Å². The van der Waals surface area contributed by atoms with Crippen LogP contribution in [0.4, 0.5) is 0 Å². The van der Waals surface area contributed by atoms with Crippen molar-refractivity contribution >= 4 is 5.78 Å². The second-order valence-electron chi connectivity index (χ2n) is 10.7. The minimum absolute atomic E-state index is 0.0352. The quantitative estimate of drug-likeness (QED) is 0.797. The zero-order valence-electron chi connectivity index (χ0n) is 17.2. The number of carbonyl (C=O) groups excluding carboxylic acids is 1. The van der Waals surface area contributed by atoms with Gasteiger partial charge < -0.3 is 9.84 Å². The number of ketones is 1. The fraction of sp³-hybridized carbons (Fsp3) is 0.957. The second kappa shape index (κ2) is 6.30. The van der Waals surface area contributed by atoms with Gasteiger partial charge in [-0.15, -0.1) is 0 Å². The normalized spacial score (nSPS) is 53.5. The molecule has 8 atom stereocenters. The lowest BCUT2D eigenvalue weighted by molar-refractivity contribution is -0.189. The van der Waals surface area contributed by atoms with E-state index in [1.165, 1.54) is 38.5 Å². The molecule has 0 amide bonds. The molecule has 26 heavy (non-hydrogen) atoms. The Morgan fingerprint density at radius 3 is 2.54 bits per heavy atom. The highest BCUT2D eigenvalue weighted by Gasteiger charge is 2.67. The van der Waals surface area contributed by atoms with Gasteiger partial charge in [-0.25, -0.2) is 0 Å². The largest absolute Gasteiger partial charge is 0.389 e. The highest BCUT2D eigenvalue weighted by Crippen LogP contribution is 2.70. The molecule has 8 unspecified atom stereocenters. The smallest absolute Gasteiger partial charge is 0.164 e. The minimum Gasteiger partial charge on any atom is -0.389 e. The van der Waals surface area contributed by atoms with Crippen molar-refractivity contribution in [2.45, 2.75) is 84.7 Å². The van der Waals surface area contributed by atoms with Gasteiger partial charge in [-0.3, -0.25) is 4.79 Å². The molecule has 0 heterocycles. The van der Waals surface area contributed by atoms with Crippen LogP contribution in [0.15, 0.2) is 0 Å². The summed E-state index contributed by atoms with van der Waals surface area (Å²) < 4.78 is 6.18. The standard InChI is InChI=1S/C23H38O3/c1-21-11-6-5-7-15(21)8-9-16-17-10-12-22(2,19(25)14-24)23(17,3)13-18(26-4)20(16)21/h15-18,20,24H,5-14H2,1-4H3. The van der Waals surface area contributed by atoms with E-state index in [4.69, 9.17) is 4.74 Å². The number of aliphatic hydroxyl groups is 1. The SMILES string of the molecule is COC1CC2(C)C(CCC2(C)C(=O)CO)C2CCC3CCCCC3(C)C12. The van der Waals surface area contributed by atoms with E-state index in [1.807, 2.05) is 7.11 Å². The molecule has 4 fully saturated rings. The summed E-state index contributed by atoms with van der Waals surface area (Å²) in [5.41, 5.74) is -0.00580. The molecule has 4 saturated carbocycles. The monoisotopic (exact) mass is 362 g/mol. The van der Waals surface area contributed by atoms with Crippen LogP contribution in [0.1, 0.15) is 78.6 Å². The Morgan fingerprint density at radius 1 is 1.08 bits per heavy atom. The molecule has 0 aromatic carbocycles. The van der Waals surface area contributed by atoms with Crippen molar-refractivity contribution in [3.05, 3.63) is 0 Å². The van der Waals surface area contributed by atoms with Gasteiger partial charge in [0, 0.05) is 12.5 Å². The molecule has 3 heteroatoms. The van der Waals surface area contributed by atoms with Crippen molar-refractivity contribution in [1.82, 2.24) is 0 Å². The third-order valence-electron chi connectivity index (χ3n) is 10.2. The van der Waals surface area contributed by atoms with Gasteiger partial charge in [0.2, 0.25) is 0 Å². The Morgan fingerprint density at radius 2 is 1.85 bits per heavy atom. The number of aliphatic hydroxyl groups excluding tert-OH is 1. The van der Waals surface area contributed by atoms with Crippen molar-refractivity contribution < 1.29 is 14.6 Å². The van der Waals surface area contributed by atoms with Crippen LogP contribution in [0.3, 0.4) is 0 Å². The highest BCUT2D eigenvalue weighted by atomic mass is 16.5. The van der Waals surface area contributed by atoms with E-state index in [1.54, 1.807) is 0 Å². The van der Waals surface area contributed by atoms with Crippen LogP contribution in [0.2, 0.25) is 0 Å². The lowest BCUT2D eigenvalue weighted by atomic mass is 9.42. The number of Topliss-reactive ketones (excluding diaryl/α,β-unsaturated/α-hetero) is 1. The predicted octanol–water partition coefficient (Wildman–Crippen LogP) is 4.61. The maximum absolute atomic E-state index is 12.8. The molecule has 0 saturated heterocycles. The average Bonchev–Trinajstić information content (AvgIpc) is 2.91. The summed E-state index contributed by atoms with van der Waals surface area (Å²) in [6, 6.07) is 0. The van der Waals surface area contributed by atoms with Crippen LogP contribution in [-0.2, 0) is 9.53 Å². The van der Waals surface area contributed by atoms with E-state index in [2.05, 4.69) is 20.8 Å². The van der Waals surface area contributed by atoms with Gasteiger partial charge in [-0.2, -0.15) is 0 Å². The summed E-state index contributed by atoms with van der Waals surface area (Å²) in [6.45, 7) is 6.72. The first kappa shape index (κ1) is 18.9. The van der Waals surface area contributed by atoms with E-state index >= 15 is 0 Å². The molecular formula is C23H38O3. The maximum Gasteiger partial charge on any atom is 0.164 e. The Labute approximate surface area is 159 Å². The number of ether oxygens (including phenoxy) is 1. The molecule has 0 bridgehead atoms. The van der Waals surface area contributed by atoms with E-state index in [0.717, 1.165) is 25.2 Å². The fourth-order valence-electron chi connectivity index (χ4n) is 8.49. The summed E-state index contributed by atoms with van der Waals surface area (Å²) in [7, 11) is 1.89. The summed E-state index contributed by atoms with van der Waals surface area (Å²) in [6.07, 6.45) is 11.5. The molecule has 4 rings (SSSR count). The van der Waals surface area contributed by atoms with Gasteiger partial charge in [0.15, 0.2) is 5.78 Å². The van der Waals surface area contributed by atoms with E-state index < -0.39 is 5.41 Å². The average molecular weight is 363 g/mol. The molecule has 3 nitrogen and oxygen atoms in total. The summed E-state index contributed by atoms with van der Waals surface area (Å²) in [5.74, 6) is 2.86. The van der Waals surface area contributed by atoms with E-state index in [-0.39, 0.29) is 23.9 Å². The third kappa shape index (κ3) is 2.28. The molecule has 0 aromatic rings. The molecule has 4 aliphatic rings. The molecule has 0 radical (unpaired) electrons. The summed E-state index contributed by atoms with van der Waals surface area (Å²) in [5, 5.41) is 9.64. The molecule has 4 aliphatic carbocycles. The highest BCUT2D eigenvalue weighted by molar-refractivity contribution is 5.86. The lowest BCUT2D eigenvalue weighted by Crippen LogP contribution is -2.60. The molecule has 0 spiro atoms. The summed E-state index contributed by atoms with van der Waals surface area (Å²) >= 11 is 0. The molecule has 148 valence electrons. The lowest BCUT2D eigenvalue weighted by Gasteiger charge is -2.63. The predicted molar refractivity (Wildman–Crippen MR) is 103 cm³/mol. The van der Waals surface area contributed by atoms with Gasteiger partial charge >= 0.3 is 0 Å². The third-order valence-corrected chi connectivity index (χ3v) is 10.2. The first-order valence-corrected chi connectivity index (χ1v) is 11.0. The number of methoxy groups -OCH3 is 1. The van der Waals surface area contributed by atoms with Crippen LogP contribution >= 0.6 is 0 Å².